The molecule has 1 aromatic carbocycles. The number of carboxylic acids is 1. The number of carbonyl (C=O) groups excluding carboxylic acids is 1. The number of hydrogen-bond donors (Lipinski definition) is 2. The summed E-state index contributed by atoms with van der Waals surface area (Å²) in [5, 5.41) is 11.9. The minimum absolute atomic E-state index is 0.0252. The third-order valence-electron chi connectivity index (χ3n) is 4.51. The Bertz CT molecular complexity index is 629. The second kappa shape index (κ2) is 9.12. The average molecular weight is 363 g/mol. The molecule has 144 valence electrons. The van der Waals surface area contributed by atoms with Crippen LogP contribution in [-0.4, -0.2) is 78.8 Å². The number of morpholine rings is 1. The number of aliphatic carboxylic acids is 1. The summed E-state index contributed by atoms with van der Waals surface area (Å²) in [6.45, 7) is 8.22. The molecule has 1 saturated heterocycles. The first-order valence-electron chi connectivity index (χ1n) is 8.89. The fourth-order valence-electron chi connectivity index (χ4n) is 3.31. The van der Waals surface area contributed by atoms with Crippen LogP contribution in [0.5, 0.6) is 0 Å². The highest BCUT2D eigenvalue weighted by Crippen LogP contribution is 2.16. The standard InChI is InChI=1S/C19H29N3O4/c1-13-7-14(2)9-16(8-13)20-19(25)15(3)22-5-6-26-17(11-22)10-21(4)12-18(23)24/h7-9,15,17H,5-6,10-12H2,1-4H3,(H,20,25)(H,23,24). The predicted octanol–water partition coefficient (Wildman–Crippen LogP) is 1.35. The average Bonchev–Trinajstić information content (AvgIpc) is 2.52. The molecule has 2 rings (SSSR count). The van der Waals surface area contributed by atoms with E-state index in [9.17, 15) is 9.59 Å². The van der Waals surface area contributed by atoms with Crippen molar-refractivity contribution in [2.75, 3.05) is 45.2 Å². The zero-order valence-electron chi connectivity index (χ0n) is 16.0. The van der Waals surface area contributed by atoms with E-state index in [0.717, 1.165) is 16.8 Å². The number of anilines is 1. The minimum Gasteiger partial charge on any atom is -0.480 e. The molecule has 0 aromatic heterocycles. The highest BCUT2D eigenvalue weighted by Gasteiger charge is 2.28. The van der Waals surface area contributed by atoms with E-state index in [-0.39, 0.29) is 24.6 Å². The summed E-state index contributed by atoms with van der Waals surface area (Å²) in [5.74, 6) is -0.907. The lowest BCUT2D eigenvalue weighted by atomic mass is 10.1. The SMILES string of the molecule is Cc1cc(C)cc(NC(=O)C(C)N2CCOC(CN(C)CC(=O)O)C2)c1. The largest absolute Gasteiger partial charge is 0.480 e. The third-order valence-corrected chi connectivity index (χ3v) is 4.51. The summed E-state index contributed by atoms with van der Waals surface area (Å²) in [6, 6.07) is 5.70. The number of amides is 1. The quantitative estimate of drug-likeness (QED) is 0.761. The van der Waals surface area contributed by atoms with Crippen molar-refractivity contribution in [1.82, 2.24) is 9.80 Å². The van der Waals surface area contributed by atoms with Crippen LogP contribution in [0.4, 0.5) is 5.69 Å². The van der Waals surface area contributed by atoms with E-state index >= 15 is 0 Å². The topological polar surface area (TPSA) is 82.1 Å². The van der Waals surface area contributed by atoms with Gasteiger partial charge < -0.3 is 15.2 Å². The van der Waals surface area contributed by atoms with Crippen molar-refractivity contribution in [3.8, 4) is 0 Å². The minimum atomic E-state index is -0.860. The van der Waals surface area contributed by atoms with Gasteiger partial charge in [-0.2, -0.15) is 0 Å². The number of carbonyl (C=O) groups is 2. The van der Waals surface area contributed by atoms with Gasteiger partial charge in [-0.05, 0) is 51.1 Å². The van der Waals surface area contributed by atoms with Crippen LogP contribution in [0.25, 0.3) is 0 Å². The molecule has 1 aromatic rings. The number of nitrogens with one attached hydrogen (secondary N) is 1. The predicted molar refractivity (Wildman–Crippen MR) is 100 cm³/mol. The van der Waals surface area contributed by atoms with E-state index < -0.39 is 5.97 Å². The Hall–Kier alpha value is -1.96. The number of benzene rings is 1. The van der Waals surface area contributed by atoms with E-state index in [2.05, 4.69) is 16.3 Å². The van der Waals surface area contributed by atoms with Crippen molar-refractivity contribution in [2.24, 2.45) is 0 Å². The number of rotatable bonds is 7. The molecule has 0 spiro atoms. The first-order valence-corrected chi connectivity index (χ1v) is 8.89. The fourth-order valence-corrected chi connectivity index (χ4v) is 3.31. The van der Waals surface area contributed by atoms with Gasteiger partial charge in [-0.15, -0.1) is 0 Å². The second-order valence-electron chi connectivity index (χ2n) is 7.12. The smallest absolute Gasteiger partial charge is 0.317 e. The number of hydrogen-bond acceptors (Lipinski definition) is 5. The van der Waals surface area contributed by atoms with Gasteiger partial charge in [0.1, 0.15) is 0 Å². The number of nitrogens with zero attached hydrogens (tertiary/aromatic N) is 2. The Labute approximate surface area is 154 Å². The molecule has 7 nitrogen and oxygen atoms in total. The molecule has 1 amide bonds. The Morgan fingerprint density at radius 2 is 2.00 bits per heavy atom. The number of carboxylic acid groups (broad SMARTS) is 1. The van der Waals surface area contributed by atoms with Crippen LogP contribution in [-0.2, 0) is 14.3 Å². The normalized spacial score (nSPS) is 19.3. The Kier molecular flexibility index (Phi) is 7.14. The summed E-state index contributed by atoms with van der Waals surface area (Å²) >= 11 is 0. The van der Waals surface area contributed by atoms with E-state index in [1.807, 2.05) is 32.9 Å². The Balaban J connectivity index is 1.91. The van der Waals surface area contributed by atoms with Gasteiger partial charge in [0.05, 0.1) is 25.3 Å². The summed E-state index contributed by atoms with van der Waals surface area (Å²) < 4.78 is 5.73. The highest BCUT2D eigenvalue weighted by atomic mass is 16.5. The van der Waals surface area contributed by atoms with Crippen molar-refractivity contribution in [3.05, 3.63) is 29.3 Å². The van der Waals surface area contributed by atoms with Crippen LogP contribution in [0, 0.1) is 13.8 Å². The first kappa shape index (κ1) is 20.4. The maximum Gasteiger partial charge on any atom is 0.317 e. The van der Waals surface area contributed by atoms with Crippen LogP contribution >= 0.6 is 0 Å². The molecule has 1 aliphatic rings. The summed E-state index contributed by atoms with van der Waals surface area (Å²) in [7, 11) is 1.76. The van der Waals surface area contributed by atoms with Crippen LogP contribution in [0.1, 0.15) is 18.1 Å². The van der Waals surface area contributed by atoms with Crippen molar-refractivity contribution in [2.45, 2.75) is 32.9 Å². The van der Waals surface area contributed by atoms with E-state index in [4.69, 9.17) is 9.84 Å². The number of aryl methyl sites for hydroxylation is 2. The van der Waals surface area contributed by atoms with Gasteiger partial charge in [-0.25, -0.2) is 0 Å². The molecule has 1 aliphatic heterocycles. The van der Waals surface area contributed by atoms with Gasteiger partial charge in [-0.3, -0.25) is 19.4 Å². The van der Waals surface area contributed by atoms with Crippen molar-refractivity contribution in [1.29, 1.82) is 0 Å². The Morgan fingerprint density at radius 1 is 1.35 bits per heavy atom. The van der Waals surface area contributed by atoms with Crippen molar-refractivity contribution < 1.29 is 19.4 Å². The van der Waals surface area contributed by atoms with Crippen LogP contribution < -0.4 is 5.32 Å². The van der Waals surface area contributed by atoms with E-state index in [0.29, 0.717) is 26.2 Å². The highest BCUT2D eigenvalue weighted by molar-refractivity contribution is 5.94. The lowest BCUT2D eigenvalue weighted by Crippen LogP contribution is -2.53. The zero-order chi connectivity index (χ0) is 19.3. The molecular weight excluding hydrogens is 334 g/mol. The summed E-state index contributed by atoms with van der Waals surface area (Å²) in [5.41, 5.74) is 3.03. The second-order valence-corrected chi connectivity index (χ2v) is 7.12. The molecule has 1 fully saturated rings. The maximum atomic E-state index is 12.6. The molecule has 26 heavy (non-hydrogen) atoms. The van der Waals surface area contributed by atoms with Gasteiger partial charge in [-0.1, -0.05) is 6.07 Å². The van der Waals surface area contributed by atoms with Gasteiger partial charge in [0.15, 0.2) is 0 Å². The molecule has 7 heteroatoms. The lowest BCUT2D eigenvalue weighted by molar-refractivity contribution is -0.138. The molecule has 0 saturated carbocycles. The lowest BCUT2D eigenvalue weighted by Gasteiger charge is -2.37. The van der Waals surface area contributed by atoms with Crippen molar-refractivity contribution in [3.63, 3.8) is 0 Å². The number of likely N-dealkylation sites (N-methyl/N-ethyl adjacent to an activating group) is 1. The molecule has 2 atom stereocenters. The maximum absolute atomic E-state index is 12.6. The third kappa shape index (κ3) is 6.09. The zero-order valence-corrected chi connectivity index (χ0v) is 16.0. The van der Waals surface area contributed by atoms with E-state index in [1.54, 1.807) is 11.9 Å². The van der Waals surface area contributed by atoms with Crippen LogP contribution in [0.15, 0.2) is 18.2 Å². The Morgan fingerprint density at radius 3 is 2.62 bits per heavy atom. The first-order chi connectivity index (χ1) is 12.2. The van der Waals surface area contributed by atoms with Gasteiger partial charge in [0.25, 0.3) is 0 Å². The van der Waals surface area contributed by atoms with Gasteiger partial charge >= 0.3 is 5.97 Å². The van der Waals surface area contributed by atoms with Gasteiger partial charge in [0.2, 0.25) is 5.91 Å². The summed E-state index contributed by atoms with van der Waals surface area (Å²) in [6.07, 6.45) is -0.107. The summed E-state index contributed by atoms with van der Waals surface area (Å²) in [4.78, 5) is 27.2. The van der Waals surface area contributed by atoms with Crippen molar-refractivity contribution >= 4 is 17.6 Å². The molecule has 0 bridgehead atoms. The van der Waals surface area contributed by atoms with Crippen LogP contribution in [0.3, 0.4) is 0 Å². The monoisotopic (exact) mass is 363 g/mol. The number of ether oxygens (including phenoxy) is 1. The molecule has 0 radical (unpaired) electrons. The fraction of sp³-hybridized carbons (Fsp3) is 0.579. The molecule has 2 unspecified atom stereocenters. The molecule has 0 aliphatic carbocycles. The molecule has 2 N–H and O–H groups in total. The van der Waals surface area contributed by atoms with Gasteiger partial charge in [0, 0.05) is 25.3 Å². The van der Waals surface area contributed by atoms with E-state index in [1.165, 1.54) is 0 Å². The molecule has 1 heterocycles. The molecular formula is C19H29N3O4. The van der Waals surface area contributed by atoms with Crippen LogP contribution in [0.2, 0.25) is 0 Å².